The first-order valence-corrected chi connectivity index (χ1v) is 36.3. The van der Waals surface area contributed by atoms with Crippen LogP contribution in [0, 0.1) is 5.92 Å². The number of hydrogen-bond donors (Lipinski definition) is 19. The van der Waals surface area contributed by atoms with Crippen molar-refractivity contribution in [2.45, 2.75) is 353 Å². The van der Waals surface area contributed by atoms with Crippen LogP contribution in [0.3, 0.4) is 0 Å². The van der Waals surface area contributed by atoms with E-state index >= 15 is 0 Å². The van der Waals surface area contributed by atoms with E-state index in [9.17, 15) is 101 Å². The lowest BCUT2D eigenvalue weighted by Crippen LogP contribution is -2.71. The molecule has 5 aliphatic heterocycles. The van der Waals surface area contributed by atoms with Crippen molar-refractivity contribution >= 4 is 17.8 Å². The molecule has 5 heterocycles. The maximum absolute atomic E-state index is 13.1. The summed E-state index contributed by atoms with van der Waals surface area (Å²) in [6, 6.07) is -3.64. The van der Waals surface area contributed by atoms with E-state index in [1.165, 1.54) is 116 Å². The maximum atomic E-state index is 13.1. The Kier molecular flexibility index (Phi) is 40.1. The van der Waals surface area contributed by atoms with Crippen molar-refractivity contribution in [2.24, 2.45) is 5.92 Å². The highest BCUT2D eigenvalue weighted by molar-refractivity contribution is 5.78. The fraction of sp³-hybridized carbons (Fsp3) is 0.955. The number of unbranched alkanes of at least 4 members (excludes halogenated alkanes) is 22. The zero-order valence-electron chi connectivity index (χ0n) is 58.0. The number of amides is 2. The quantitative estimate of drug-likeness (QED) is 0.0304. The van der Waals surface area contributed by atoms with E-state index in [0.717, 1.165) is 58.3 Å². The summed E-state index contributed by atoms with van der Waals surface area (Å²) in [5, 5.41) is 191. The molecule has 26 atom stereocenters. The first kappa shape index (κ1) is 87.0. The molecule has 0 bridgehead atoms. The van der Waals surface area contributed by atoms with E-state index in [-0.39, 0.29) is 12.5 Å². The summed E-state index contributed by atoms with van der Waals surface area (Å²) in [6.45, 7) is -0.679. The number of carbonyl (C=O) groups excluding carboxylic acids is 2. The van der Waals surface area contributed by atoms with Gasteiger partial charge < -0.3 is 145 Å². The van der Waals surface area contributed by atoms with Gasteiger partial charge in [-0.15, -0.1) is 0 Å². The van der Waals surface area contributed by atoms with Crippen molar-refractivity contribution in [1.82, 2.24) is 10.6 Å². The summed E-state index contributed by atoms with van der Waals surface area (Å²) in [5.74, 6) is -7.25. The van der Waals surface area contributed by atoms with Gasteiger partial charge in [-0.25, -0.2) is 4.79 Å². The van der Waals surface area contributed by atoms with E-state index in [1.807, 2.05) is 0 Å². The summed E-state index contributed by atoms with van der Waals surface area (Å²) in [6.07, 6.45) is -15.8. The second-order valence-corrected chi connectivity index (χ2v) is 27.4. The average molecular weight is 1440 g/mol. The van der Waals surface area contributed by atoms with Gasteiger partial charge in [-0.05, 0) is 18.8 Å². The number of nitrogens with one attached hydrogen (secondary N) is 2. The van der Waals surface area contributed by atoms with E-state index in [0.29, 0.717) is 0 Å². The number of rotatable bonds is 48. The molecule has 0 aromatic heterocycles. The molecule has 0 spiro atoms. The molecular weight excluding hydrogens is 1310 g/mol. The highest BCUT2D eigenvalue weighted by Crippen LogP contribution is 2.40. The third kappa shape index (κ3) is 25.8. The topological polar surface area (TPSA) is 511 Å². The van der Waals surface area contributed by atoms with Gasteiger partial charge in [0.05, 0.1) is 51.8 Å². The van der Waals surface area contributed by atoms with Crippen LogP contribution in [-0.2, 0) is 61.8 Å². The van der Waals surface area contributed by atoms with Gasteiger partial charge in [0.1, 0.15) is 123 Å². The lowest BCUT2D eigenvalue weighted by atomic mass is 9.88. The van der Waals surface area contributed by atoms with Crippen molar-refractivity contribution in [1.29, 1.82) is 0 Å². The number of ether oxygens (including phenoxy) is 10. The predicted molar refractivity (Wildman–Crippen MR) is 347 cm³/mol. The molecule has 5 aliphatic rings. The molecule has 0 aromatic carbocycles. The Morgan fingerprint density at radius 1 is 0.475 bits per heavy atom. The lowest BCUT2D eigenvalue weighted by Gasteiger charge is -2.51. The standard InChI is InChI=1S/C67H122N2O30/c1-4-6-8-10-12-14-16-18-20-22-24-26-28-39(29-27-25-23-21-19-17-15-13-11-9-7-5-2)37-90-63-54(85)53(84)58(45(35-74)94-63)96-64-55(86)60(50(81)42(32-71)91-64)97-62-48(68-38(3)76)52(83)57(44(34-73)93-62)95-65-56(87)61(51(82)43(33-72)92-65)99-67(66(88)89)30-40(77)47(69-46(79)36-75)59(98-67)49(80)41(78)31-70/h39-45,47-65,70-75,77-78,80-87H,4-37H2,1-3H3,(H,68,76)(H,69,79)(H,88,89)/t40-,41+,42+,43+,44+,45+,47+,48+,49+,50-,51-,52+,53+,54+,55+,56+,57+,58+,59+,60-,61-,62-,63+,64-,65-,67-/m0/s1. The van der Waals surface area contributed by atoms with Crippen LogP contribution in [0.2, 0.25) is 0 Å². The monoisotopic (exact) mass is 1430 g/mol. The van der Waals surface area contributed by atoms with Gasteiger partial charge in [-0.2, -0.15) is 0 Å². The molecule has 32 nitrogen and oxygen atoms in total. The molecule has 580 valence electrons. The lowest BCUT2D eigenvalue weighted by molar-refractivity contribution is -0.390. The summed E-state index contributed by atoms with van der Waals surface area (Å²) in [4.78, 5) is 38.2. The number of carboxylic acid groups (broad SMARTS) is 1. The van der Waals surface area contributed by atoms with Crippen LogP contribution in [0.4, 0.5) is 0 Å². The third-order valence-electron chi connectivity index (χ3n) is 19.6. The number of aliphatic hydroxyl groups excluding tert-OH is 16. The fourth-order valence-corrected chi connectivity index (χ4v) is 13.7. The Labute approximate surface area is 580 Å². The van der Waals surface area contributed by atoms with Crippen LogP contribution >= 0.6 is 0 Å². The van der Waals surface area contributed by atoms with E-state index < -0.39 is 223 Å². The molecule has 19 N–H and O–H groups in total. The van der Waals surface area contributed by atoms with Gasteiger partial charge in [0.25, 0.3) is 5.79 Å². The molecule has 5 rings (SSSR count). The van der Waals surface area contributed by atoms with Crippen LogP contribution in [-0.4, -0.2) is 310 Å². The third-order valence-corrected chi connectivity index (χ3v) is 19.6. The Hall–Kier alpha value is -2.63. The van der Waals surface area contributed by atoms with E-state index in [1.54, 1.807) is 0 Å². The fourth-order valence-electron chi connectivity index (χ4n) is 13.7. The van der Waals surface area contributed by atoms with E-state index in [4.69, 9.17) is 47.4 Å². The first-order valence-electron chi connectivity index (χ1n) is 36.3. The first-order chi connectivity index (χ1) is 47.5. The minimum atomic E-state index is -3.24. The number of aliphatic carboxylic acids is 1. The summed E-state index contributed by atoms with van der Waals surface area (Å²) < 4.78 is 59.2. The van der Waals surface area contributed by atoms with Gasteiger partial charge in [0.2, 0.25) is 11.8 Å². The molecule has 0 aromatic rings. The molecule has 99 heavy (non-hydrogen) atoms. The summed E-state index contributed by atoms with van der Waals surface area (Å²) >= 11 is 0. The molecule has 5 fully saturated rings. The van der Waals surface area contributed by atoms with Crippen molar-refractivity contribution in [3.05, 3.63) is 0 Å². The maximum Gasteiger partial charge on any atom is 0.364 e. The molecule has 2 amide bonds. The van der Waals surface area contributed by atoms with Crippen LogP contribution in [0.25, 0.3) is 0 Å². The molecule has 5 saturated heterocycles. The predicted octanol–water partition coefficient (Wildman–Crippen LogP) is -1.64. The number of carboxylic acids is 1. The van der Waals surface area contributed by atoms with Gasteiger partial charge in [0, 0.05) is 13.3 Å². The highest BCUT2D eigenvalue weighted by Gasteiger charge is 2.61. The summed E-state index contributed by atoms with van der Waals surface area (Å²) in [7, 11) is 0. The smallest absolute Gasteiger partial charge is 0.364 e. The largest absolute Gasteiger partial charge is 0.477 e. The number of hydrogen-bond acceptors (Lipinski definition) is 29. The Morgan fingerprint density at radius 2 is 0.889 bits per heavy atom. The zero-order chi connectivity index (χ0) is 72.8. The van der Waals surface area contributed by atoms with Crippen molar-refractivity contribution in [2.75, 3.05) is 46.2 Å². The minimum absolute atomic E-state index is 0.110. The summed E-state index contributed by atoms with van der Waals surface area (Å²) in [5.41, 5.74) is 0. The van der Waals surface area contributed by atoms with Crippen LogP contribution in [0.15, 0.2) is 0 Å². The molecule has 0 radical (unpaired) electrons. The second kappa shape index (κ2) is 45.7. The van der Waals surface area contributed by atoms with Gasteiger partial charge in [0.15, 0.2) is 25.2 Å². The second-order valence-electron chi connectivity index (χ2n) is 27.4. The highest BCUT2D eigenvalue weighted by atomic mass is 16.8. The molecular formula is C67H122N2O30. The van der Waals surface area contributed by atoms with Gasteiger partial charge in [-0.1, -0.05) is 168 Å². The Bertz CT molecular complexity index is 2190. The average Bonchev–Trinajstić information content (AvgIpc) is 0.759. The van der Waals surface area contributed by atoms with Crippen LogP contribution in [0.5, 0.6) is 0 Å². The van der Waals surface area contributed by atoms with Crippen molar-refractivity contribution in [3.8, 4) is 0 Å². The minimum Gasteiger partial charge on any atom is -0.477 e. The van der Waals surface area contributed by atoms with E-state index in [2.05, 4.69) is 24.5 Å². The van der Waals surface area contributed by atoms with Crippen LogP contribution in [0.1, 0.15) is 194 Å². The normalized spacial score (nSPS) is 35.8. The van der Waals surface area contributed by atoms with Crippen molar-refractivity contribution in [3.63, 3.8) is 0 Å². The van der Waals surface area contributed by atoms with Gasteiger partial charge in [-0.3, -0.25) is 9.59 Å². The van der Waals surface area contributed by atoms with Crippen molar-refractivity contribution < 1.29 is 149 Å². The number of carbonyl (C=O) groups is 3. The van der Waals surface area contributed by atoms with Gasteiger partial charge >= 0.3 is 5.97 Å². The molecule has 0 saturated carbocycles. The molecule has 0 unspecified atom stereocenters. The molecule has 0 aliphatic carbocycles. The number of aliphatic hydroxyl groups is 16. The zero-order valence-corrected chi connectivity index (χ0v) is 58.0. The SMILES string of the molecule is CCCCCCCCCCCCCCC(CCCCCCCCCCCCCC)CO[C@@H]1O[C@H](CO)[C@@H](O[C@@H]2O[C@H](CO)[C@H](O)[C@H](O[C@@H]3O[C@H](CO)[C@@H](O[C@@H]4O[C@H](CO)[C@H](O)[C@H](O[C@]5(C(=O)O)C[C@H](O)[C@@H](NC(=O)CO)[C@H]([C@H](O)[C@H](O)CO)O5)[C@H]4O)[C@H](O)[C@H]3NC(C)=O)[C@H]2O)[C@H](O)[C@H]1O. The Morgan fingerprint density at radius 3 is 1.32 bits per heavy atom. The van der Waals surface area contributed by atoms with Crippen LogP contribution < -0.4 is 10.6 Å². The Balaban J connectivity index is 1.26. The molecule has 32 heteroatoms.